The Morgan fingerprint density at radius 1 is 1.47 bits per heavy atom. The van der Waals surface area contributed by atoms with E-state index >= 15 is 0 Å². The van der Waals surface area contributed by atoms with E-state index in [1.165, 1.54) is 0 Å². The van der Waals surface area contributed by atoms with E-state index in [0.717, 1.165) is 12.0 Å². The van der Waals surface area contributed by atoms with E-state index in [1.807, 2.05) is 26.0 Å². The second kappa shape index (κ2) is 5.24. The first-order chi connectivity index (χ1) is 7.12. The summed E-state index contributed by atoms with van der Waals surface area (Å²) in [6, 6.07) is 3.82. The lowest BCUT2D eigenvalue weighted by molar-refractivity contribution is -0.0914. The monoisotopic (exact) mass is 209 g/mol. The van der Waals surface area contributed by atoms with Crippen molar-refractivity contribution in [3.05, 3.63) is 30.1 Å². The maximum atomic E-state index is 10.1. The van der Waals surface area contributed by atoms with E-state index in [1.54, 1.807) is 19.5 Å². The first kappa shape index (κ1) is 12.1. The molecule has 1 N–H and O–H groups in total. The van der Waals surface area contributed by atoms with Crippen molar-refractivity contribution in [3.8, 4) is 0 Å². The largest absolute Gasteiger partial charge is 0.390 e. The van der Waals surface area contributed by atoms with Crippen molar-refractivity contribution in [1.29, 1.82) is 0 Å². The first-order valence-corrected chi connectivity index (χ1v) is 5.24. The van der Waals surface area contributed by atoms with Crippen LogP contribution in [0.25, 0.3) is 0 Å². The normalized spacial score (nSPS) is 17.1. The van der Waals surface area contributed by atoms with Gasteiger partial charge in [0.05, 0.1) is 11.7 Å². The lowest BCUT2D eigenvalue weighted by atomic mass is 9.91. The average Bonchev–Trinajstić information content (AvgIpc) is 2.29. The molecule has 3 nitrogen and oxygen atoms in total. The quantitative estimate of drug-likeness (QED) is 0.804. The van der Waals surface area contributed by atoms with Gasteiger partial charge in [-0.25, -0.2) is 0 Å². The summed E-state index contributed by atoms with van der Waals surface area (Å²) in [5.41, 5.74) is 0.609. The zero-order valence-corrected chi connectivity index (χ0v) is 9.60. The number of aliphatic hydroxyl groups is 1. The van der Waals surface area contributed by atoms with E-state index in [2.05, 4.69) is 4.98 Å². The third-order valence-corrected chi connectivity index (χ3v) is 3.05. The molecule has 0 aliphatic carbocycles. The van der Waals surface area contributed by atoms with Crippen LogP contribution in [0.1, 0.15) is 25.8 Å². The van der Waals surface area contributed by atoms with Gasteiger partial charge in [0.15, 0.2) is 0 Å². The zero-order chi connectivity index (χ0) is 11.3. The molecule has 0 aliphatic rings. The number of pyridine rings is 1. The minimum Gasteiger partial charge on any atom is -0.390 e. The molecular weight excluding hydrogens is 190 g/mol. The summed E-state index contributed by atoms with van der Waals surface area (Å²) in [4.78, 5) is 3.94. The smallest absolute Gasteiger partial charge is 0.0909 e. The van der Waals surface area contributed by atoms with Gasteiger partial charge in [-0.15, -0.1) is 0 Å². The molecule has 0 bridgehead atoms. The second-order valence-electron chi connectivity index (χ2n) is 3.95. The number of aromatic nitrogens is 1. The lowest BCUT2D eigenvalue weighted by Gasteiger charge is -2.32. The molecule has 0 saturated carbocycles. The molecular formula is C12H19NO2. The number of ether oxygens (including phenoxy) is 1. The van der Waals surface area contributed by atoms with Crippen LogP contribution in [0.5, 0.6) is 0 Å². The van der Waals surface area contributed by atoms with Crippen LogP contribution in [0.3, 0.4) is 0 Å². The van der Waals surface area contributed by atoms with Gasteiger partial charge in [-0.1, -0.05) is 6.92 Å². The highest BCUT2D eigenvalue weighted by molar-refractivity contribution is 5.12. The van der Waals surface area contributed by atoms with Crippen molar-refractivity contribution in [3.63, 3.8) is 0 Å². The van der Waals surface area contributed by atoms with Crippen LogP contribution in [0.4, 0.5) is 0 Å². The fraction of sp³-hybridized carbons (Fsp3) is 0.583. The molecule has 2 atom stereocenters. The number of rotatable bonds is 5. The Labute approximate surface area is 91.1 Å². The Morgan fingerprint density at radius 3 is 2.53 bits per heavy atom. The van der Waals surface area contributed by atoms with Crippen molar-refractivity contribution in [2.45, 2.75) is 38.4 Å². The standard InChI is InChI=1S/C12H19NO2/c1-4-12(2,15-3)11(14)9-10-5-7-13-8-6-10/h5-8,11,14H,4,9H2,1-3H3. The number of hydrogen-bond acceptors (Lipinski definition) is 3. The van der Waals surface area contributed by atoms with Crippen LogP contribution in [-0.2, 0) is 11.2 Å². The number of methoxy groups -OCH3 is 1. The highest BCUT2D eigenvalue weighted by atomic mass is 16.5. The molecule has 0 radical (unpaired) electrons. The van der Waals surface area contributed by atoms with Gasteiger partial charge in [0.2, 0.25) is 0 Å². The summed E-state index contributed by atoms with van der Waals surface area (Å²) in [7, 11) is 1.64. The number of nitrogens with zero attached hydrogens (tertiary/aromatic N) is 1. The summed E-state index contributed by atoms with van der Waals surface area (Å²) in [6.07, 6.45) is 4.36. The van der Waals surface area contributed by atoms with Crippen LogP contribution in [0, 0.1) is 0 Å². The Hall–Kier alpha value is -0.930. The zero-order valence-electron chi connectivity index (χ0n) is 9.60. The number of hydrogen-bond donors (Lipinski definition) is 1. The molecule has 2 unspecified atom stereocenters. The molecule has 1 heterocycles. The second-order valence-corrected chi connectivity index (χ2v) is 3.95. The number of aliphatic hydroxyl groups excluding tert-OH is 1. The van der Waals surface area contributed by atoms with E-state index in [-0.39, 0.29) is 0 Å². The van der Waals surface area contributed by atoms with Gasteiger partial charge in [0, 0.05) is 25.9 Å². The Morgan fingerprint density at radius 2 is 2.07 bits per heavy atom. The van der Waals surface area contributed by atoms with Crippen molar-refractivity contribution in [2.24, 2.45) is 0 Å². The highest BCUT2D eigenvalue weighted by Gasteiger charge is 2.30. The van der Waals surface area contributed by atoms with Crippen LogP contribution >= 0.6 is 0 Å². The average molecular weight is 209 g/mol. The molecule has 84 valence electrons. The Balaban J connectivity index is 2.66. The van der Waals surface area contributed by atoms with Crippen molar-refractivity contribution in [1.82, 2.24) is 4.98 Å². The molecule has 15 heavy (non-hydrogen) atoms. The van der Waals surface area contributed by atoms with Gasteiger partial charge in [0.1, 0.15) is 0 Å². The maximum Gasteiger partial charge on any atom is 0.0909 e. The van der Waals surface area contributed by atoms with Crippen LogP contribution in [0.2, 0.25) is 0 Å². The van der Waals surface area contributed by atoms with Crippen molar-refractivity contribution < 1.29 is 9.84 Å². The van der Waals surface area contributed by atoms with E-state index in [4.69, 9.17) is 4.74 Å². The fourth-order valence-electron chi connectivity index (χ4n) is 1.47. The van der Waals surface area contributed by atoms with Gasteiger partial charge >= 0.3 is 0 Å². The molecule has 0 amide bonds. The first-order valence-electron chi connectivity index (χ1n) is 5.24. The molecule has 0 fully saturated rings. The van der Waals surface area contributed by atoms with Gasteiger partial charge in [-0.2, -0.15) is 0 Å². The van der Waals surface area contributed by atoms with E-state index in [9.17, 15) is 5.11 Å². The SMILES string of the molecule is CCC(C)(OC)C(O)Cc1ccncc1. The predicted molar refractivity (Wildman–Crippen MR) is 59.7 cm³/mol. The summed E-state index contributed by atoms with van der Waals surface area (Å²) in [6.45, 7) is 3.94. The molecule has 1 aromatic heterocycles. The van der Waals surface area contributed by atoms with Crippen molar-refractivity contribution >= 4 is 0 Å². The molecule has 1 rings (SSSR count). The summed E-state index contributed by atoms with van der Waals surface area (Å²) < 4.78 is 5.36. The molecule has 3 heteroatoms. The minimum absolute atomic E-state index is 0.469. The fourth-order valence-corrected chi connectivity index (χ4v) is 1.47. The topological polar surface area (TPSA) is 42.4 Å². The van der Waals surface area contributed by atoms with Crippen LogP contribution in [-0.4, -0.2) is 28.9 Å². The maximum absolute atomic E-state index is 10.1. The lowest BCUT2D eigenvalue weighted by Crippen LogP contribution is -2.42. The Bertz CT molecular complexity index is 283. The summed E-state index contributed by atoms with van der Waals surface area (Å²) in [5, 5.41) is 10.1. The summed E-state index contributed by atoms with van der Waals surface area (Å²) >= 11 is 0. The van der Waals surface area contributed by atoms with E-state index in [0.29, 0.717) is 6.42 Å². The van der Waals surface area contributed by atoms with E-state index < -0.39 is 11.7 Å². The summed E-state index contributed by atoms with van der Waals surface area (Å²) in [5.74, 6) is 0. The van der Waals surface area contributed by atoms with Crippen LogP contribution in [0.15, 0.2) is 24.5 Å². The highest BCUT2D eigenvalue weighted by Crippen LogP contribution is 2.21. The third-order valence-electron chi connectivity index (χ3n) is 3.05. The molecule has 0 aliphatic heterocycles. The molecule has 0 saturated heterocycles. The predicted octanol–water partition coefficient (Wildman–Crippen LogP) is 1.80. The minimum atomic E-state index is -0.491. The van der Waals surface area contributed by atoms with Crippen LogP contribution < -0.4 is 0 Å². The van der Waals surface area contributed by atoms with Gasteiger partial charge in [-0.05, 0) is 31.0 Å². The molecule has 1 aromatic rings. The Kier molecular flexibility index (Phi) is 4.24. The van der Waals surface area contributed by atoms with Gasteiger partial charge in [0.25, 0.3) is 0 Å². The van der Waals surface area contributed by atoms with Gasteiger partial charge in [-0.3, -0.25) is 4.98 Å². The van der Waals surface area contributed by atoms with Gasteiger partial charge < -0.3 is 9.84 Å². The molecule has 0 aromatic carbocycles. The third kappa shape index (κ3) is 3.01. The van der Waals surface area contributed by atoms with Crippen molar-refractivity contribution in [2.75, 3.05) is 7.11 Å². The molecule has 0 spiro atoms.